The maximum absolute atomic E-state index is 12.9. The van der Waals surface area contributed by atoms with Gasteiger partial charge in [0.15, 0.2) is 5.75 Å². The largest absolute Gasteiger partial charge is 0.460 e. The molecule has 0 radical (unpaired) electrons. The molecule has 0 aliphatic carbocycles. The van der Waals surface area contributed by atoms with E-state index in [1.807, 2.05) is 6.07 Å². The van der Waals surface area contributed by atoms with Crippen LogP contribution in [0.1, 0.15) is 54.4 Å². The Kier molecular flexibility index (Phi) is 10.2. The topological polar surface area (TPSA) is 128 Å². The summed E-state index contributed by atoms with van der Waals surface area (Å²) in [7, 11) is 0. The van der Waals surface area contributed by atoms with Gasteiger partial charge in [-0.25, -0.2) is 0 Å². The smallest absolute Gasteiger partial charge is 0.308 e. The van der Waals surface area contributed by atoms with Crippen LogP contribution in [-0.2, 0) is 23.9 Å². The molecular weight excluding hydrogens is 414 g/mol. The first-order valence-corrected chi connectivity index (χ1v) is 10.7. The van der Waals surface area contributed by atoms with E-state index < -0.39 is 41.8 Å². The van der Waals surface area contributed by atoms with Gasteiger partial charge < -0.3 is 20.6 Å². The van der Waals surface area contributed by atoms with Crippen LogP contribution in [0, 0.1) is 11.8 Å². The van der Waals surface area contributed by atoms with Crippen LogP contribution in [0.25, 0.3) is 0 Å². The molecule has 0 aromatic heterocycles. The Hall–Kier alpha value is -3.10. The summed E-state index contributed by atoms with van der Waals surface area (Å²) in [5, 5.41) is 3.69. The fraction of sp³-hybridized carbons (Fsp3) is 0.565. The summed E-state index contributed by atoms with van der Waals surface area (Å²) >= 11 is 0. The van der Waals surface area contributed by atoms with E-state index in [1.165, 1.54) is 5.06 Å². The van der Waals surface area contributed by atoms with Gasteiger partial charge in [0.25, 0.3) is 5.91 Å². The molecule has 0 aliphatic rings. The predicted molar refractivity (Wildman–Crippen MR) is 119 cm³/mol. The number of hydroxylamine groups is 2. The number of nitrogens with two attached hydrogens (primary N) is 1. The lowest BCUT2D eigenvalue weighted by atomic mass is 9.90. The van der Waals surface area contributed by atoms with Gasteiger partial charge in [-0.1, -0.05) is 32.0 Å². The Balaban J connectivity index is 2.85. The van der Waals surface area contributed by atoms with Gasteiger partial charge in [-0.2, -0.15) is 5.06 Å². The molecule has 0 spiro atoms. The number of carbonyl (C=O) groups excluding carboxylic acids is 4. The third-order valence-corrected chi connectivity index (χ3v) is 4.51. The van der Waals surface area contributed by atoms with Crippen molar-refractivity contribution in [1.29, 1.82) is 0 Å². The molecule has 1 aromatic carbocycles. The average molecular weight is 450 g/mol. The van der Waals surface area contributed by atoms with Crippen LogP contribution >= 0.6 is 0 Å². The number of para-hydroxylation sites is 1. The van der Waals surface area contributed by atoms with Crippen LogP contribution in [-0.4, -0.2) is 46.9 Å². The van der Waals surface area contributed by atoms with Crippen LogP contribution < -0.4 is 15.9 Å². The Morgan fingerprint density at radius 3 is 2.12 bits per heavy atom. The molecule has 178 valence electrons. The number of esters is 1. The van der Waals surface area contributed by atoms with E-state index in [2.05, 4.69) is 5.32 Å². The Bertz CT molecular complexity index is 789. The summed E-state index contributed by atoms with van der Waals surface area (Å²) < 4.78 is 5.20. The zero-order valence-corrected chi connectivity index (χ0v) is 19.7. The number of benzene rings is 1. The molecule has 9 nitrogen and oxygen atoms in total. The first-order chi connectivity index (χ1) is 14.8. The minimum absolute atomic E-state index is 0.137. The number of nitrogens with zero attached hydrogens (tertiary/aromatic N) is 1. The van der Waals surface area contributed by atoms with Crippen molar-refractivity contribution in [3.05, 3.63) is 30.3 Å². The molecule has 0 aliphatic heterocycles. The monoisotopic (exact) mass is 449 g/mol. The highest BCUT2D eigenvalue weighted by molar-refractivity contribution is 5.92. The zero-order valence-electron chi connectivity index (χ0n) is 19.7. The number of nitrogens with one attached hydrogen (secondary N) is 1. The standard InChI is InChI=1S/C23H35N3O6/c1-7-26(32-16-11-9-8-10-12-16)19(27)13-17(15(2)3)22(30)25-18(21(24)29)14-20(28)31-23(4,5)6/h8-12,15,17-18H,7,13-14H2,1-6H3,(H2,24,29)(H,25,30). The van der Waals surface area contributed by atoms with Crippen LogP contribution in [0.4, 0.5) is 0 Å². The van der Waals surface area contributed by atoms with Crippen LogP contribution in [0.2, 0.25) is 0 Å². The lowest BCUT2D eigenvalue weighted by Gasteiger charge is -2.26. The van der Waals surface area contributed by atoms with E-state index in [1.54, 1.807) is 65.8 Å². The van der Waals surface area contributed by atoms with Crippen molar-refractivity contribution in [1.82, 2.24) is 10.4 Å². The van der Waals surface area contributed by atoms with Crippen LogP contribution in [0.3, 0.4) is 0 Å². The van der Waals surface area contributed by atoms with E-state index in [0.29, 0.717) is 5.75 Å². The second kappa shape index (κ2) is 12.1. The number of rotatable bonds is 11. The first-order valence-electron chi connectivity index (χ1n) is 10.7. The van der Waals surface area contributed by atoms with E-state index in [9.17, 15) is 19.2 Å². The highest BCUT2D eigenvalue weighted by Gasteiger charge is 2.32. The van der Waals surface area contributed by atoms with Crippen molar-refractivity contribution >= 4 is 23.7 Å². The average Bonchev–Trinajstić information content (AvgIpc) is 2.68. The first kappa shape index (κ1) is 26.9. The summed E-state index contributed by atoms with van der Waals surface area (Å²) in [6.07, 6.45) is -0.530. The summed E-state index contributed by atoms with van der Waals surface area (Å²) in [6.45, 7) is 10.7. The van der Waals surface area contributed by atoms with E-state index in [-0.39, 0.29) is 24.8 Å². The zero-order chi connectivity index (χ0) is 24.5. The molecule has 0 fully saturated rings. The van der Waals surface area contributed by atoms with Gasteiger partial charge in [-0.15, -0.1) is 0 Å². The maximum Gasteiger partial charge on any atom is 0.308 e. The van der Waals surface area contributed by atoms with Gasteiger partial charge in [0, 0.05) is 12.3 Å². The molecule has 3 amide bonds. The number of hydrogen-bond acceptors (Lipinski definition) is 6. The van der Waals surface area contributed by atoms with Gasteiger partial charge in [-0.3, -0.25) is 19.2 Å². The highest BCUT2D eigenvalue weighted by Crippen LogP contribution is 2.19. The van der Waals surface area contributed by atoms with Crippen molar-refractivity contribution in [3.8, 4) is 5.75 Å². The SMILES string of the molecule is CCN(Oc1ccccc1)C(=O)CC(C(=O)NC(CC(=O)OC(C)(C)C)C(N)=O)C(C)C. The molecule has 32 heavy (non-hydrogen) atoms. The van der Waals surface area contributed by atoms with Gasteiger partial charge in [0.05, 0.1) is 13.0 Å². The predicted octanol–water partition coefficient (Wildman–Crippen LogP) is 2.19. The minimum Gasteiger partial charge on any atom is -0.460 e. The second-order valence-corrected chi connectivity index (χ2v) is 8.80. The Labute approximate surface area is 189 Å². The van der Waals surface area contributed by atoms with Crippen molar-refractivity contribution in [3.63, 3.8) is 0 Å². The number of carbonyl (C=O) groups is 4. The molecule has 2 atom stereocenters. The van der Waals surface area contributed by atoms with E-state index >= 15 is 0 Å². The third kappa shape index (κ3) is 9.36. The fourth-order valence-corrected chi connectivity index (χ4v) is 2.87. The lowest BCUT2D eigenvalue weighted by molar-refractivity contribution is -0.160. The van der Waals surface area contributed by atoms with Crippen LogP contribution in [0.5, 0.6) is 5.75 Å². The fourth-order valence-electron chi connectivity index (χ4n) is 2.87. The lowest BCUT2D eigenvalue weighted by Crippen LogP contribution is -2.49. The number of amides is 3. The normalized spacial score (nSPS) is 13.1. The molecule has 0 saturated heterocycles. The van der Waals surface area contributed by atoms with Crippen molar-refractivity contribution < 1.29 is 28.8 Å². The second-order valence-electron chi connectivity index (χ2n) is 8.80. The summed E-state index contributed by atoms with van der Waals surface area (Å²) in [5.74, 6) is -2.92. The minimum atomic E-state index is -1.24. The summed E-state index contributed by atoms with van der Waals surface area (Å²) in [4.78, 5) is 55.2. The van der Waals surface area contributed by atoms with Crippen molar-refractivity contribution in [2.24, 2.45) is 17.6 Å². The molecule has 1 aromatic rings. The maximum atomic E-state index is 12.9. The van der Waals surface area contributed by atoms with Gasteiger partial charge in [0.1, 0.15) is 11.6 Å². The van der Waals surface area contributed by atoms with Gasteiger partial charge in [-0.05, 0) is 45.7 Å². The molecular formula is C23H35N3O6. The molecule has 9 heteroatoms. The molecule has 0 bridgehead atoms. The number of ether oxygens (including phenoxy) is 1. The van der Waals surface area contributed by atoms with Crippen molar-refractivity contribution in [2.45, 2.75) is 66.0 Å². The van der Waals surface area contributed by atoms with E-state index in [0.717, 1.165) is 0 Å². The Morgan fingerprint density at radius 2 is 1.66 bits per heavy atom. The highest BCUT2D eigenvalue weighted by atomic mass is 16.7. The summed E-state index contributed by atoms with van der Waals surface area (Å²) in [6, 6.07) is 7.60. The quantitative estimate of drug-likeness (QED) is 0.394. The van der Waals surface area contributed by atoms with Crippen LogP contribution in [0.15, 0.2) is 30.3 Å². The van der Waals surface area contributed by atoms with Crippen molar-refractivity contribution in [2.75, 3.05) is 6.54 Å². The van der Waals surface area contributed by atoms with E-state index in [4.69, 9.17) is 15.3 Å². The third-order valence-electron chi connectivity index (χ3n) is 4.51. The Morgan fingerprint density at radius 1 is 1.06 bits per heavy atom. The van der Waals surface area contributed by atoms with Gasteiger partial charge in [0.2, 0.25) is 11.8 Å². The molecule has 0 heterocycles. The number of primary amides is 1. The molecule has 2 unspecified atom stereocenters. The molecule has 0 saturated carbocycles. The van der Waals surface area contributed by atoms with Gasteiger partial charge >= 0.3 is 5.97 Å². The molecule has 1 rings (SSSR count). The number of hydrogen-bond donors (Lipinski definition) is 2. The molecule has 3 N–H and O–H groups in total. The summed E-state index contributed by atoms with van der Waals surface area (Å²) in [5.41, 5.74) is 4.64.